The van der Waals surface area contributed by atoms with Crippen LogP contribution in [0.3, 0.4) is 0 Å². The largest absolute Gasteiger partial charge is 0.305 e. The Balaban J connectivity index is 2.27. The van der Waals surface area contributed by atoms with E-state index in [0.717, 1.165) is 24.2 Å². The molecule has 2 heterocycles. The zero-order valence-corrected chi connectivity index (χ0v) is 10.6. The van der Waals surface area contributed by atoms with Crippen LogP contribution in [0.25, 0.3) is 0 Å². The summed E-state index contributed by atoms with van der Waals surface area (Å²) in [4.78, 5) is 4.14. The molecule has 2 aromatic rings. The van der Waals surface area contributed by atoms with Gasteiger partial charge in [0, 0.05) is 18.8 Å². The molecule has 96 valence electrons. The van der Waals surface area contributed by atoms with Gasteiger partial charge in [-0.15, -0.1) is 0 Å². The highest BCUT2D eigenvalue weighted by atomic mass is 19.1. The molecule has 0 radical (unpaired) electrons. The van der Waals surface area contributed by atoms with Crippen LogP contribution >= 0.6 is 0 Å². The van der Waals surface area contributed by atoms with Crippen LogP contribution in [0.1, 0.15) is 30.6 Å². The molecule has 0 aliphatic rings. The highest BCUT2D eigenvalue weighted by Crippen LogP contribution is 2.19. The maximum Gasteiger partial charge on any atom is 0.141 e. The fourth-order valence-electron chi connectivity index (χ4n) is 1.83. The van der Waals surface area contributed by atoms with E-state index in [1.54, 1.807) is 16.9 Å². The molecule has 0 amide bonds. The van der Waals surface area contributed by atoms with E-state index < -0.39 is 0 Å². The van der Waals surface area contributed by atoms with E-state index in [9.17, 15) is 4.39 Å². The van der Waals surface area contributed by atoms with Crippen LogP contribution in [0.15, 0.2) is 30.7 Å². The van der Waals surface area contributed by atoms with Gasteiger partial charge in [0.1, 0.15) is 5.82 Å². The minimum Gasteiger partial charge on any atom is -0.305 e. The predicted octanol–water partition coefficient (Wildman–Crippen LogP) is 2.04. The molecule has 0 aliphatic carbocycles. The van der Waals surface area contributed by atoms with Crippen molar-refractivity contribution in [1.82, 2.24) is 20.1 Å². The van der Waals surface area contributed by atoms with Crippen molar-refractivity contribution in [3.8, 4) is 0 Å². The minimum absolute atomic E-state index is 0.0424. The van der Waals surface area contributed by atoms with E-state index in [1.807, 2.05) is 13.2 Å². The number of pyridine rings is 1. The van der Waals surface area contributed by atoms with E-state index in [-0.39, 0.29) is 11.9 Å². The minimum atomic E-state index is -0.320. The fraction of sp³-hybridized carbons (Fsp3) is 0.385. The van der Waals surface area contributed by atoms with Crippen molar-refractivity contribution < 1.29 is 4.39 Å². The quantitative estimate of drug-likeness (QED) is 0.880. The molecule has 0 saturated heterocycles. The summed E-state index contributed by atoms with van der Waals surface area (Å²) in [5.74, 6) is -0.320. The lowest BCUT2D eigenvalue weighted by molar-refractivity contribution is 0.576. The third-order valence-electron chi connectivity index (χ3n) is 2.70. The number of hydrogen-bond acceptors (Lipinski definition) is 3. The topological polar surface area (TPSA) is 42.7 Å². The van der Waals surface area contributed by atoms with Gasteiger partial charge < -0.3 is 5.32 Å². The molecule has 18 heavy (non-hydrogen) atoms. The number of nitrogens with zero attached hydrogens (tertiary/aromatic N) is 3. The first kappa shape index (κ1) is 12.7. The Labute approximate surface area is 106 Å². The van der Waals surface area contributed by atoms with E-state index >= 15 is 0 Å². The number of rotatable bonds is 5. The summed E-state index contributed by atoms with van der Waals surface area (Å²) in [5.41, 5.74) is 1.84. The number of hydrogen-bond donors (Lipinski definition) is 1. The van der Waals surface area contributed by atoms with Crippen LogP contribution in [-0.4, -0.2) is 21.3 Å². The Hall–Kier alpha value is -1.75. The van der Waals surface area contributed by atoms with E-state index in [1.165, 1.54) is 12.3 Å². The fourth-order valence-corrected chi connectivity index (χ4v) is 1.83. The smallest absolute Gasteiger partial charge is 0.141 e. The molecule has 0 bridgehead atoms. The van der Waals surface area contributed by atoms with Gasteiger partial charge in [-0.3, -0.25) is 9.67 Å². The third-order valence-corrected chi connectivity index (χ3v) is 2.70. The lowest BCUT2D eigenvalue weighted by Gasteiger charge is -2.16. The maximum absolute atomic E-state index is 12.9. The summed E-state index contributed by atoms with van der Waals surface area (Å²) >= 11 is 0. The van der Waals surface area contributed by atoms with Crippen LogP contribution in [0.2, 0.25) is 0 Å². The molecule has 0 spiro atoms. The first-order chi connectivity index (χ1) is 8.70. The van der Waals surface area contributed by atoms with Gasteiger partial charge in [-0.1, -0.05) is 6.92 Å². The van der Waals surface area contributed by atoms with Crippen LogP contribution in [0, 0.1) is 5.82 Å². The van der Waals surface area contributed by atoms with E-state index in [0.29, 0.717) is 0 Å². The summed E-state index contributed by atoms with van der Waals surface area (Å²) < 4.78 is 14.7. The van der Waals surface area contributed by atoms with Crippen molar-refractivity contribution in [1.29, 1.82) is 0 Å². The lowest BCUT2D eigenvalue weighted by atomic mass is 10.1. The van der Waals surface area contributed by atoms with Crippen LogP contribution in [0.5, 0.6) is 0 Å². The molecular formula is C13H17FN4. The van der Waals surface area contributed by atoms with Gasteiger partial charge in [-0.05, 0) is 25.1 Å². The number of aryl methyl sites for hydroxylation is 1. The second-order valence-electron chi connectivity index (χ2n) is 4.24. The number of nitrogens with one attached hydrogen (secondary N) is 1. The standard InChI is InChI=1S/C13H17FN4/c1-3-6-15-13(10-7-17-18(2)9-10)12-5-4-11(14)8-16-12/h4-5,7-9,13,15H,3,6H2,1-2H3. The van der Waals surface area contributed by atoms with Crippen molar-refractivity contribution in [3.05, 3.63) is 47.8 Å². The SMILES string of the molecule is CCCNC(c1cnn(C)c1)c1ccc(F)cn1. The predicted molar refractivity (Wildman–Crippen MR) is 67.5 cm³/mol. The lowest BCUT2D eigenvalue weighted by Crippen LogP contribution is -2.23. The molecule has 4 nitrogen and oxygen atoms in total. The summed E-state index contributed by atoms with van der Waals surface area (Å²) in [6.45, 7) is 2.98. The second kappa shape index (κ2) is 5.73. The van der Waals surface area contributed by atoms with Gasteiger partial charge >= 0.3 is 0 Å². The molecule has 1 N–H and O–H groups in total. The van der Waals surface area contributed by atoms with Crippen LogP contribution in [-0.2, 0) is 7.05 Å². The Bertz CT molecular complexity index is 492. The Morgan fingerprint density at radius 1 is 1.39 bits per heavy atom. The Morgan fingerprint density at radius 3 is 2.78 bits per heavy atom. The highest BCUT2D eigenvalue weighted by Gasteiger charge is 2.16. The molecule has 2 rings (SSSR count). The van der Waals surface area contributed by atoms with E-state index in [4.69, 9.17) is 0 Å². The Morgan fingerprint density at radius 2 is 2.22 bits per heavy atom. The van der Waals surface area contributed by atoms with E-state index in [2.05, 4.69) is 22.3 Å². The molecule has 5 heteroatoms. The van der Waals surface area contributed by atoms with Gasteiger partial charge in [0.25, 0.3) is 0 Å². The zero-order chi connectivity index (χ0) is 13.0. The summed E-state index contributed by atoms with van der Waals surface area (Å²) in [5, 5.41) is 7.56. The summed E-state index contributed by atoms with van der Waals surface area (Å²) in [7, 11) is 1.87. The van der Waals surface area contributed by atoms with Crippen molar-refractivity contribution in [2.24, 2.45) is 7.05 Å². The summed E-state index contributed by atoms with van der Waals surface area (Å²) in [6, 6.07) is 3.09. The molecule has 2 aromatic heterocycles. The monoisotopic (exact) mass is 248 g/mol. The summed E-state index contributed by atoms with van der Waals surface area (Å²) in [6.07, 6.45) is 6.01. The normalized spacial score (nSPS) is 12.6. The van der Waals surface area contributed by atoms with Gasteiger partial charge in [0.15, 0.2) is 0 Å². The van der Waals surface area contributed by atoms with Crippen molar-refractivity contribution in [3.63, 3.8) is 0 Å². The molecule has 0 aliphatic heterocycles. The number of halogens is 1. The first-order valence-electron chi connectivity index (χ1n) is 6.04. The second-order valence-corrected chi connectivity index (χ2v) is 4.24. The molecule has 0 aromatic carbocycles. The highest BCUT2D eigenvalue weighted by molar-refractivity contribution is 5.23. The Kier molecular flexibility index (Phi) is 4.04. The maximum atomic E-state index is 12.9. The van der Waals surface area contributed by atoms with Crippen molar-refractivity contribution in [2.75, 3.05) is 6.54 Å². The molecule has 0 saturated carbocycles. The molecular weight excluding hydrogens is 231 g/mol. The van der Waals surface area contributed by atoms with Crippen molar-refractivity contribution >= 4 is 0 Å². The van der Waals surface area contributed by atoms with Gasteiger partial charge in [-0.2, -0.15) is 5.10 Å². The third kappa shape index (κ3) is 2.92. The average molecular weight is 248 g/mol. The molecule has 1 atom stereocenters. The first-order valence-corrected chi connectivity index (χ1v) is 6.04. The van der Waals surface area contributed by atoms with Crippen LogP contribution in [0.4, 0.5) is 4.39 Å². The number of aromatic nitrogens is 3. The van der Waals surface area contributed by atoms with Crippen molar-refractivity contribution in [2.45, 2.75) is 19.4 Å². The molecule has 1 unspecified atom stereocenters. The van der Waals surface area contributed by atoms with Gasteiger partial charge in [0.2, 0.25) is 0 Å². The van der Waals surface area contributed by atoms with Gasteiger partial charge in [0.05, 0.1) is 24.1 Å². The van der Waals surface area contributed by atoms with Gasteiger partial charge in [-0.25, -0.2) is 4.39 Å². The van der Waals surface area contributed by atoms with Crippen LogP contribution < -0.4 is 5.32 Å². The zero-order valence-electron chi connectivity index (χ0n) is 10.6. The average Bonchev–Trinajstić information content (AvgIpc) is 2.78. The molecule has 0 fully saturated rings.